The van der Waals surface area contributed by atoms with E-state index in [-0.39, 0.29) is 11.2 Å². The van der Waals surface area contributed by atoms with E-state index >= 15 is 0 Å². The summed E-state index contributed by atoms with van der Waals surface area (Å²) in [7, 11) is 0. The minimum Gasteiger partial charge on any atom is -0.846 e. The van der Waals surface area contributed by atoms with Crippen molar-refractivity contribution < 1.29 is 25.2 Å². The van der Waals surface area contributed by atoms with Crippen LogP contribution in [0.3, 0.4) is 0 Å². The highest BCUT2D eigenvalue weighted by Gasteiger charge is 2.43. The van der Waals surface area contributed by atoms with Crippen molar-refractivity contribution in [3.8, 4) is 6.01 Å². The van der Waals surface area contributed by atoms with Crippen molar-refractivity contribution in [3.63, 3.8) is 0 Å². The van der Waals surface area contributed by atoms with Crippen molar-refractivity contribution in [2.75, 3.05) is 6.61 Å². The van der Waals surface area contributed by atoms with E-state index in [1.165, 1.54) is 10.9 Å². The summed E-state index contributed by atoms with van der Waals surface area (Å²) >= 11 is 0. The van der Waals surface area contributed by atoms with Gasteiger partial charge in [-0.3, -0.25) is 9.36 Å². The van der Waals surface area contributed by atoms with Crippen molar-refractivity contribution in [3.05, 3.63) is 16.7 Å². The molecule has 0 aliphatic carbocycles. The Labute approximate surface area is 110 Å². The number of H-pyrrole nitrogens is 1. The van der Waals surface area contributed by atoms with E-state index in [1.54, 1.807) is 0 Å². The van der Waals surface area contributed by atoms with Gasteiger partial charge in [-0.2, -0.15) is 0 Å². The van der Waals surface area contributed by atoms with Crippen LogP contribution in [0.25, 0.3) is 11.2 Å². The first-order valence-corrected chi connectivity index (χ1v) is 5.79. The number of aromatic amines is 1. The monoisotopic (exact) mass is 283 g/mol. The molecule has 1 saturated heterocycles. The lowest BCUT2D eigenvalue weighted by Crippen LogP contribution is -2.33. The third-order valence-electron chi connectivity index (χ3n) is 3.20. The summed E-state index contributed by atoms with van der Waals surface area (Å²) in [6.45, 7) is -0.484. The topological polar surface area (TPSA) is 157 Å². The zero-order chi connectivity index (χ0) is 14.4. The van der Waals surface area contributed by atoms with Crippen LogP contribution in [0.5, 0.6) is 6.01 Å². The fourth-order valence-corrected chi connectivity index (χ4v) is 2.20. The average Bonchev–Trinajstić information content (AvgIpc) is 2.93. The molecule has 3 rings (SSSR count). The quantitative estimate of drug-likeness (QED) is 0.449. The molecule has 10 heteroatoms. The second-order valence-electron chi connectivity index (χ2n) is 4.42. The molecule has 0 aromatic carbocycles. The molecule has 1 fully saturated rings. The lowest BCUT2D eigenvalue weighted by atomic mass is 10.1. The summed E-state index contributed by atoms with van der Waals surface area (Å²) in [5.41, 5.74) is -0.846. The molecular weight excluding hydrogens is 272 g/mol. The fraction of sp³-hybridized carbons (Fsp3) is 0.500. The minimum atomic E-state index is -1.35. The van der Waals surface area contributed by atoms with Crippen molar-refractivity contribution >= 4 is 11.2 Å². The van der Waals surface area contributed by atoms with Crippen LogP contribution in [0, 0.1) is 0 Å². The van der Waals surface area contributed by atoms with Gasteiger partial charge >= 0.3 is 0 Å². The lowest BCUT2D eigenvalue weighted by molar-refractivity contribution is -0.281. The highest BCUT2D eigenvalue weighted by Crippen LogP contribution is 2.30. The summed E-state index contributed by atoms with van der Waals surface area (Å²) in [5.74, 6) is 0. The normalized spacial score (nSPS) is 30.1. The molecule has 0 spiro atoms. The predicted octanol–water partition coefficient (Wildman–Crippen LogP) is -3.20. The van der Waals surface area contributed by atoms with Gasteiger partial charge in [0.1, 0.15) is 18.3 Å². The molecular formula is C10H11N4O6-. The molecule has 3 heterocycles. The van der Waals surface area contributed by atoms with E-state index in [1.807, 2.05) is 4.98 Å². The van der Waals surface area contributed by atoms with Gasteiger partial charge in [0.2, 0.25) is 0 Å². The number of hydrogen-bond acceptors (Lipinski definition) is 8. The molecule has 0 bridgehead atoms. The largest absolute Gasteiger partial charge is 0.846 e. The molecule has 1 aliphatic heterocycles. The Kier molecular flexibility index (Phi) is 2.94. The fourth-order valence-electron chi connectivity index (χ4n) is 2.20. The Morgan fingerprint density at radius 1 is 1.45 bits per heavy atom. The van der Waals surface area contributed by atoms with Gasteiger partial charge in [0.05, 0.1) is 18.9 Å². The second-order valence-corrected chi connectivity index (χ2v) is 4.42. The molecule has 2 aromatic heterocycles. The molecule has 20 heavy (non-hydrogen) atoms. The summed E-state index contributed by atoms with van der Waals surface area (Å²) in [6, 6.07) is -0.851. The Hall–Kier alpha value is -2.01. The molecule has 4 N–H and O–H groups in total. The standard InChI is InChI=1S/C10H12N4O6/c15-1-3-5(16)6(17)9(20-3)14-2-11-4-7(14)12-10(19)13-8(4)18/h2-3,5-6,9,15-17H,1H2,(H2,12,13,18,19)/p-1/t3-,5+,6-,9-/m0/s1. The molecule has 0 radical (unpaired) electrons. The van der Waals surface area contributed by atoms with Crippen LogP contribution in [0.4, 0.5) is 0 Å². The van der Waals surface area contributed by atoms with Crippen molar-refractivity contribution in [1.82, 2.24) is 19.5 Å². The number of nitrogens with zero attached hydrogens (tertiary/aromatic N) is 3. The van der Waals surface area contributed by atoms with Crippen LogP contribution in [0.1, 0.15) is 6.23 Å². The third-order valence-corrected chi connectivity index (χ3v) is 3.20. The van der Waals surface area contributed by atoms with Crippen LogP contribution >= 0.6 is 0 Å². The first kappa shape index (κ1) is 13.0. The Morgan fingerprint density at radius 3 is 2.85 bits per heavy atom. The zero-order valence-corrected chi connectivity index (χ0v) is 10.0. The van der Waals surface area contributed by atoms with E-state index in [2.05, 4.69) is 9.97 Å². The number of imidazole rings is 1. The maximum atomic E-state index is 11.5. The van der Waals surface area contributed by atoms with Gasteiger partial charge in [-0.1, -0.05) is 0 Å². The molecule has 4 atom stereocenters. The maximum absolute atomic E-state index is 11.5. The Balaban J connectivity index is 2.09. The Bertz CT molecular complexity index is 697. The number of fused-ring (bicyclic) bond motifs is 1. The van der Waals surface area contributed by atoms with Gasteiger partial charge in [-0.05, 0) is 0 Å². The molecule has 10 nitrogen and oxygen atoms in total. The number of aliphatic hydroxyl groups is 3. The number of aromatic nitrogens is 4. The number of ether oxygens (including phenoxy) is 1. The minimum absolute atomic E-state index is 0.0615. The molecule has 0 unspecified atom stereocenters. The SMILES string of the molecule is O=c1[nH]c([O-])nc2c1ncn2[C@H]1O[C@@H](CO)[C@@H](O)[C@@H]1O. The first-order valence-electron chi connectivity index (χ1n) is 5.79. The third kappa shape index (κ3) is 1.78. The summed E-state index contributed by atoms with van der Waals surface area (Å²) < 4.78 is 6.46. The summed E-state index contributed by atoms with van der Waals surface area (Å²) in [5, 5.41) is 39.9. The Morgan fingerprint density at radius 2 is 2.20 bits per heavy atom. The van der Waals surface area contributed by atoms with Crippen molar-refractivity contribution in [1.29, 1.82) is 0 Å². The molecule has 108 valence electrons. The van der Waals surface area contributed by atoms with Crippen molar-refractivity contribution in [2.45, 2.75) is 24.5 Å². The van der Waals surface area contributed by atoms with Gasteiger partial charge in [0, 0.05) is 0 Å². The van der Waals surface area contributed by atoms with Gasteiger partial charge in [-0.25, -0.2) is 9.97 Å². The summed E-state index contributed by atoms with van der Waals surface area (Å²) in [6.07, 6.45) is -3.54. The zero-order valence-electron chi connectivity index (χ0n) is 10.0. The van der Waals surface area contributed by atoms with E-state index in [4.69, 9.17) is 9.84 Å². The first-order chi connectivity index (χ1) is 9.52. The molecule has 0 amide bonds. The second kappa shape index (κ2) is 4.52. The van der Waals surface area contributed by atoms with Gasteiger partial charge in [0.15, 0.2) is 17.4 Å². The lowest BCUT2D eigenvalue weighted by Gasteiger charge is -2.16. The van der Waals surface area contributed by atoms with E-state index in [9.17, 15) is 20.1 Å². The van der Waals surface area contributed by atoms with E-state index in [0.29, 0.717) is 0 Å². The van der Waals surface area contributed by atoms with Crippen LogP contribution in [-0.4, -0.2) is 59.8 Å². The van der Waals surface area contributed by atoms with Crippen LogP contribution in [0.2, 0.25) is 0 Å². The average molecular weight is 283 g/mol. The number of rotatable bonds is 2. The highest BCUT2D eigenvalue weighted by atomic mass is 16.6. The number of hydrogen-bond donors (Lipinski definition) is 4. The van der Waals surface area contributed by atoms with Gasteiger partial charge in [-0.15, -0.1) is 0 Å². The molecule has 0 saturated carbocycles. The number of nitrogens with one attached hydrogen (secondary N) is 1. The van der Waals surface area contributed by atoms with Crippen LogP contribution in [-0.2, 0) is 4.74 Å². The van der Waals surface area contributed by atoms with Crippen LogP contribution < -0.4 is 10.7 Å². The van der Waals surface area contributed by atoms with Gasteiger partial charge in [0.25, 0.3) is 5.56 Å². The van der Waals surface area contributed by atoms with E-state index < -0.39 is 42.7 Å². The number of aliphatic hydroxyl groups excluding tert-OH is 3. The molecule has 2 aromatic rings. The maximum Gasteiger partial charge on any atom is 0.278 e. The summed E-state index contributed by atoms with van der Waals surface area (Å²) in [4.78, 5) is 20.9. The molecule has 1 aliphatic rings. The van der Waals surface area contributed by atoms with Crippen molar-refractivity contribution in [2.24, 2.45) is 0 Å². The van der Waals surface area contributed by atoms with E-state index in [0.717, 1.165) is 0 Å². The highest BCUT2D eigenvalue weighted by molar-refractivity contribution is 5.69. The van der Waals surface area contributed by atoms with Crippen LogP contribution in [0.15, 0.2) is 11.1 Å². The smallest absolute Gasteiger partial charge is 0.278 e. The predicted molar refractivity (Wildman–Crippen MR) is 60.6 cm³/mol. The van der Waals surface area contributed by atoms with Gasteiger partial charge < -0.3 is 30.1 Å².